The maximum absolute atomic E-state index is 12.1. The first kappa shape index (κ1) is 14.3. The number of aromatic amines is 1. The van der Waals surface area contributed by atoms with E-state index in [4.69, 9.17) is 5.73 Å². The summed E-state index contributed by atoms with van der Waals surface area (Å²) in [5.41, 5.74) is 8.42. The minimum atomic E-state index is -0.157. The largest absolute Gasteiger partial charge is 0.383 e. The molecule has 0 spiro atoms. The third kappa shape index (κ3) is 2.74. The average Bonchev–Trinajstić information content (AvgIpc) is 2.37. The predicted octanol–water partition coefficient (Wildman–Crippen LogP) is 3.27. The number of nitrogens with zero attached hydrogens (tertiary/aromatic N) is 1. The lowest BCUT2D eigenvalue weighted by Gasteiger charge is -2.10. The number of anilines is 1. The molecule has 0 atom stereocenters. The lowest BCUT2D eigenvalue weighted by atomic mass is 10.0. The van der Waals surface area contributed by atoms with Crippen LogP contribution in [0.2, 0.25) is 0 Å². The molecule has 1 aromatic heterocycles. The van der Waals surface area contributed by atoms with Crippen molar-refractivity contribution >= 4 is 5.82 Å². The molecule has 0 amide bonds. The molecule has 0 saturated heterocycles. The Morgan fingerprint density at radius 2 is 1.65 bits per heavy atom. The Morgan fingerprint density at radius 1 is 1.05 bits per heavy atom. The zero-order chi connectivity index (χ0) is 14.9. The first-order valence-corrected chi connectivity index (χ1v) is 6.90. The van der Waals surface area contributed by atoms with E-state index in [2.05, 4.69) is 23.8 Å². The van der Waals surface area contributed by atoms with Crippen LogP contribution in [0.25, 0.3) is 11.4 Å². The van der Waals surface area contributed by atoms with Gasteiger partial charge in [-0.1, -0.05) is 52.0 Å². The molecule has 0 fully saturated rings. The van der Waals surface area contributed by atoms with Crippen molar-refractivity contribution in [1.29, 1.82) is 0 Å². The van der Waals surface area contributed by atoms with Crippen molar-refractivity contribution < 1.29 is 0 Å². The standard InChI is InChI=1S/C16H21N3O/c1-9(2)11-5-7-12(8-6-11)15-18-14(17)13(10(3)4)16(20)19-15/h5-10H,1-4H3,(H3,17,18,19,20). The van der Waals surface area contributed by atoms with Crippen LogP contribution in [0.4, 0.5) is 5.82 Å². The lowest BCUT2D eigenvalue weighted by Crippen LogP contribution is -2.19. The van der Waals surface area contributed by atoms with Crippen molar-refractivity contribution in [3.63, 3.8) is 0 Å². The second kappa shape index (κ2) is 5.49. The molecule has 1 aromatic carbocycles. The minimum absolute atomic E-state index is 0.0589. The van der Waals surface area contributed by atoms with Crippen LogP contribution in [0, 0.1) is 0 Å². The molecule has 4 nitrogen and oxygen atoms in total. The van der Waals surface area contributed by atoms with Gasteiger partial charge in [-0.15, -0.1) is 0 Å². The third-order valence-corrected chi connectivity index (χ3v) is 3.41. The number of nitrogen functional groups attached to an aromatic ring is 1. The molecule has 0 bridgehead atoms. The van der Waals surface area contributed by atoms with Gasteiger partial charge >= 0.3 is 0 Å². The Hall–Kier alpha value is -2.10. The monoisotopic (exact) mass is 271 g/mol. The van der Waals surface area contributed by atoms with Gasteiger partial charge in [-0.25, -0.2) is 4.98 Å². The van der Waals surface area contributed by atoms with Gasteiger partial charge in [0.15, 0.2) is 0 Å². The van der Waals surface area contributed by atoms with Crippen molar-refractivity contribution in [2.75, 3.05) is 5.73 Å². The minimum Gasteiger partial charge on any atom is -0.383 e. The Morgan fingerprint density at radius 3 is 2.10 bits per heavy atom. The van der Waals surface area contributed by atoms with Gasteiger partial charge in [-0.05, 0) is 17.4 Å². The van der Waals surface area contributed by atoms with Gasteiger partial charge in [0.25, 0.3) is 5.56 Å². The zero-order valence-electron chi connectivity index (χ0n) is 12.4. The van der Waals surface area contributed by atoms with Crippen LogP contribution in [0.15, 0.2) is 29.1 Å². The summed E-state index contributed by atoms with van der Waals surface area (Å²) in [6, 6.07) is 8.02. The van der Waals surface area contributed by atoms with Crippen LogP contribution in [-0.2, 0) is 0 Å². The third-order valence-electron chi connectivity index (χ3n) is 3.41. The van der Waals surface area contributed by atoms with Crippen molar-refractivity contribution in [1.82, 2.24) is 9.97 Å². The highest BCUT2D eigenvalue weighted by molar-refractivity contribution is 5.58. The molecule has 0 radical (unpaired) electrons. The van der Waals surface area contributed by atoms with Crippen molar-refractivity contribution in [2.45, 2.75) is 39.5 Å². The van der Waals surface area contributed by atoms with Crippen LogP contribution < -0.4 is 11.3 Å². The summed E-state index contributed by atoms with van der Waals surface area (Å²) in [7, 11) is 0. The summed E-state index contributed by atoms with van der Waals surface area (Å²) in [5, 5.41) is 0. The number of nitrogens with two attached hydrogens (primary N) is 1. The average molecular weight is 271 g/mol. The topological polar surface area (TPSA) is 71.8 Å². The van der Waals surface area contributed by atoms with E-state index in [1.54, 1.807) is 0 Å². The highest BCUT2D eigenvalue weighted by Gasteiger charge is 2.13. The molecule has 3 N–H and O–H groups in total. The zero-order valence-corrected chi connectivity index (χ0v) is 12.4. The van der Waals surface area contributed by atoms with Crippen molar-refractivity contribution in [2.24, 2.45) is 0 Å². The first-order valence-electron chi connectivity index (χ1n) is 6.90. The molecule has 0 saturated carbocycles. The molecule has 0 aliphatic rings. The summed E-state index contributed by atoms with van der Waals surface area (Å²) in [6.07, 6.45) is 0. The second-order valence-corrected chi connectivity index (χ2v) is 5.64. The van der Waals surface area contributed by atoms with Gasteiger partial charge in [0.1, 0.15) is 11.6 Å². The molecule has 4 heteroatoms. The van der Waals surface area contributed by atoms with E-state index in [-0.39, 0.29) is 11.5 Å². The van der Waals surface area contributed by atoms with Gasteiger partial charge in [-0.3, -0.25) is 4.79 Å². The van der Waals surface area contributed by atoms with Gasteiger partial charge in [-0.2, -0.15) is 0 Å². The maximum atomic E-state index is 12.1. The molecule has 0 aliphatic carbocycles. The number of benzene rings is 1. The number of rotatable bonds is 3. The van der Waals surface area contributed by atoms with Crippen LogP contribution in [0.3, 0.4) is 0 Å². The molecular weight excluding hydrogens is 250 g/mol. The predicted molar refractivity (Wildman–Crippen MR) is 82.9 cm³/mol. The molecule has 2 aromatic rings. The normalized spacial score (nSPS) is 11.3. The van der Waals surface area contributed by atoms with Gasteiger partial charge in [0.05, 0.1) is 5.56 Å². The van der Waals surface area contributed by atoms with Gasteiger partial charge in [0, 0.05) is 5.56 Å². The van der Waals surface area contributed by atoms with E-state index in [1.165, 1.54) is 5.56 Å². The SMILES string of the molecule is CC(C)c1ccc(-c2nc(N)c(C(C)C)c(=O)[nH]2)cc1. The molecule has 0 unspecified atom stereocenters. The summed E-state index contributed by atoms with van der Waals surface area (Å²) in [6.45, 7) is 8.15. The lowest BCUT2D eigenvalue weighted by molar-refractivity contribution is 0.837. The fourth-order valence-electron chi connectivity index (χ4n) is 2.22. The van der Waals surface area contributed by atoms with E-state index in [0.717, 1.165) is 5.56 Å². The van der Waals surface area contributed by atoms with Crippen LogP contribution >= 0.6 is 0 Å². The highest BCUT2D eigenvalue weighted by atomic mass is 16.1. The number of aromatic nitrogens is 2. The highest BCUT2D eigenvalue weighted by Crippen LogP contribution is 2.22. The quantitative estimate of drug-likeness (QED) is 0.900. The smallest absolute Gasteiger partial charge is 0.256 e. The number of nitrogens with one attached hydrogen (secondary N) is 1. The Bertz CT molecular complexity index is 654. The maximum Gasteiger partial charge on any atom is 0.256 e. The Kier molecular flexibility index (Phi) is 3.93. The number of hydrogen-bond acceptors (Lipinski definition) is 3. The molecule has 0 aliphatic heterocycles. The summed E-state index contributed by atoms with van der Waals surface area (Å²) < 4.78 is 0. The van der Waals surface area contributed by atoms with Crippen molar-refractivity contribution in [3.8, 4) is 11.4 Å². The van der Waals surface area contributed by atoms with Gasteiger partial charge in [0.2, 0.25) is 0 Å². The van der Waals surface area contributed by atoms with E-state index in [0.29, 0.717) is 23.1 Å². The fraction of sp³-hybridized carbons (Fsp3) is 0.375. The van der Waals surface area contributed by atoms with E-state index in [1.807, 2.05) is 38.1 Å². The molecule has 1 heterocycles. The summed E-state index contributed by atoms with van der Waals surface area (Å²) in [5.74, 6) is 1.37. The molecule has 106 valence electrons. The van der Waals surface area contributed by atoms with Crippen LogP contribution in [-0.4, -0.2) is 9.97 Å². The second-order valence-electron chi connectivity index (χ2n) is 5.64. The number of H-pyrrole nitrogens is 1. The van der Waals surface area contributed by atoms with Crippen molar-refractivity contribution in [3.05, 3.63) is 45.7 Å². The summed E-state index contributed by atoms with van der Waals surface area (Å²) in [4.78, 5) is 19.2. The van der Waals surface area contributed by atoms with Crippen LogP contribution in [0.1, 0.15) is 50.7 Å². The molecule has 2 rings (SSSR count). The van der Waals surface area contributed by atoms with Gasteiger partial charge < -0.3 is 10.7 Å². The first-order chi connectivity index (χ1) is 9.40. The van der Waals surface area contributed by atoms with E-state index in [9.17, 15) is 4.79 Å². The van der Waals surface area contributed by atoms with E-state index >= 15 is 0 Å². The molecule has 20 heavy (non-hydrogen) atoms. The van der Waals surface area contributed by atoms with E-state index < -0.39 is 0 Å². The fourth-order valence-corrected chi connectivity index (χ4v) is 2.22. The molecular formula is C16H21N3O. The van der Waals surface area contributed by atoms with Crippen LogP contribution in [0.5, 0.6) is 0 Å². The summed E-state index contributed by atoms with van der Waals surface area (Å²) >= 11 is 0. The Balaban J connectivity index is 2.46. The Labute approximate surface area is 119 Å². The number of hydrogen-bond donors (Lipinski definition) is 2.